The molecule has 0 radical (unpaired) electrons. The first kappa shape index (κ1) is 16.4. The minimum Gasteiger partial charge on any atom is -0.382 e. The van der Waals surface area contributed by atoms with Crippen LogP contribution in [0.25, 0.3) is 0 Å². The summed E-state index contributed by atoms with van der Waals surface area (Å²) in [6, 6.07) is 1.95. The summed E-state index contributed by atoms with van der Waals surface area (Å²) in [5.74, 6) is -0.430. The number of pyridine rings is 1. The van der Waals surface area contributed by atoms with Gasteiger partial charge in [-0.2, -0.15) is 13.2 Å². The summed E-state index contributed by atoms with van der Waals surface area (Å²) in [7, 11) is 0. The summed E-state index contributed by atoms with van der Waals surface area (Å²) < 4.78 is 42.4. The second kappa shape index (κ2) is 7.23. The van der Waals surface area contributed by atoms with E-state index in [1.165, 1.54) is 6.92 Å². The summed E-state index contributed by atoms with van der Waals surface area (Å²) in [6.45, 7) is 4.79. The molecule has 1 aromatic rings. The maximum absolute atomic E-state index is 12.4. The molecular weight excluding hydrogens is 273 g/mol. The van der Waals surface area contributed by atoms with Gasteiger partial charge < -0.3 is 10.1 Å². The van der Waals surface area contributed by atoms with E-state index in [4.69, 9.17) is 4.74 Å². The van der Waals surface area contributed by atoms with Gasteiger partial charge in [-0.05, 0) is 32.4 Å². The van der Waals surface area contributed by atoms with E-state index < -0.39 is 17.8 Å². The van der Waals surface area contributed by atoms with Crippen molar-refractivity contribution in [2.24, 2.45) is 0 Å². The number of rotatable bonds is 6. The summed E-state index contributed by atoms with van der Waals surface area (Å²) in [6.07, 6.45) is -3.86. The number of carbonyl (C=O) groups excluding carboxylic acids is 1. The Morgan fingerprint density at radius 2 is 2.10 bits per heavy atom. The molecule has 0 atom stereocenters. The molecule has 1 heterocycles. The van der Waals surface area contributed by atoms with E-state index in [-0.39, 0.29) is 11.3 Å². The van der Waals surface area contributed by atoms with Crippen LogP contribution in [-0.2, 0) is 10.9 Å². The third-order valence-corrected chi connectivity index (χ3v) is 2.58. The molecule has 20 heavy (non-hydrogen) atoms. The van der Waals surface area contributed by atoms with Gasteiger partial charge in [0.25, 0.3) is 5.91 Å². The molecule has 0 aromatic carbocycles. The molecule has 0 aliphatic carbocycles. The van der Waals surface area contributed by atoms with Crippen LogP contribution in [0.1, 0.15) is 35.1 Å². The molecular formula is C13H17F3N2O2. The summed E-state index contributed by atoms with van der Waals surface area (Å²) in [5, 5.41) is 2.62. The Bertz CT molecular complexity index is 461. The molecule has 0 unspecified atom stereocenters. The molecule has 4 nitrogen and oxygen atoms in total. The van der Waals surface area contributed by atoms with E-state index in [0.29, 0.717) is 26.2 Å². The molecule has 1 amide bonds. The molecule has 0 saturated heterocycles. The molecule has 112 valence electrons. The van der Waals surface area contributed by atoms with E-state index in [1.807, 2.05) is 6.92 Å². The second-order valence-electron chi connectivity index (χ2n) is 4.13. The lowest BCUT2D eigenvalue weighted by Gasteiger charge is -2.10. The first-order valence-corrected chi connectivity index (χ1v) is 6.27. The monoisotopic (exact) mass is 290 g/mol. The zero-order valence-corrected chi connectivity index (χ0v) is 11.4. The number of halogens is 3. The van der Waals surface area contributed by atoms with Gasteiger partial charge in [0.1, 0.15) is 5.69 Å². The highest BCUT2D eigenvalue weighted by molar-refractivity contribution is 5.95. The maximum Gasteiger partial charge on any atom is 0.433 e. The van der Waals surface area contributed by atoms with Gasteiger partial charge in [-0.1, -0.05) is 0 Å². The molecule has 1 aromatic heterocycles. The summed E-state index contributed by atoms with van der Waals surface area (Å²) in [4.78, 5) is 15.2. The Morgan fingerprint density at radius 1 is 1.40 bits per heavy atom. The van der Waals surface area contributed by atoms with Crippen molar-refractivity contribution in [2.45, 2.75) is 26.4 Å². The number of aromatic nitrogens is 1. The quantitative estimate of drug-likeness (QED) is 0.819. The van der Waals surface area contributed by atoms with Crippen LogP contribution in [0.3, 0.4) is 0 Å². The maximum atomic E-state index is 12.4. The number of amides is 1. The molecule has 0 aliphatic rings. The number of carbonyl (C=O) groups is 1. The van der Waals surface area contributed by atoms with E-state index in [1.54, 1.807) is 0 Å². The summed E-state index contributed by atoms with van der Waals surface area (Å²) >= 11 is 0. The lowest BCUT2D eigenvalue weighted by Crippen LogP contribution is -2.26. The van der Waals surface area contributed by atoms with Gasteiger partial charge in [-0.25, -0.2) is 4.98 Å². The zero-order chi connectivity index (χ0) is 15.2. The number of aryl methyl sites for hydroxylation is 1. The zero-order valence-electron chi connectivity index (χ0n) is 11.4. The average Bonchev–Trinajstić information content (AvgIpc) is 2.37. The Hall–Kier alpha value is -1.63. The van der Waals surface area contributed by atoms with Crippen LogP contribution in [0.5, 0.6) is 0 Å². The first-order chi connectivity index (χ1) is 9.36. The predicted octanol–water partition coefficient (Wildman–Crippen LogP) is 2.57. The van der Waals surface area contributed by atoms with Crippen molar-refractivity contribution in [3.63, 3.8) is 0 Å². The minimum atomic E-state index is -4.50. The van der Waals surface area contributed by atoms with Crippen molar-refractivity contribution in [2.75, 3.05) is 19.8 Å². The predicted molar refractivity (Wildman–Crippen MR) is 67.4 cm³/mol. The molecule has 7 heteroatoms. The van der Waals surface area contributed by atoms with E-state index in [2.05, 4.69) is 10.3 Å². The van der Waals surface area contributed by atoms with Gasteiger partial charge in [-0.15, -0.1) is 0 Å². The third kappa shape index (κ3) is 4.80. The Balaban J connectivity index is 2.61. The van der Waals surface area contributed by atoms with Crippen molar-refractivity contribution in [3.05, 3.63) is 29.1 Å². The summed E-state index contributed by atoms with van der Waals surface area (Å²) in [5.41, 5.74) is -0.792. The van der Waals surface area contributed by atoms with Crippen LogP contribution in [0.2, 0.25) is 0 Å². The van der Waals surface area contributed by atoms with Gasteiger partial charge in [0.05, 0.1) is 11.3 Å². The van der Waals surface area contributed by atoms with Crippen LogP contribution < -0.4 is 5.32 Å². The van der Waals surface area contributed by atoms with E-state index in [0.717, 1.165) is 12.1 Å². The van der Waals surface area contributed by atoms with Crippen molar-refractivity contribution < 1.29 is 22.7 Å². The highest BCUT2D eigenvalue weighted by atomic mass is 19.4. The third-order valence-electron chi connectivity index (χ3n) is 2.58. The molecule has 0 saturated carbocycles. The van der Waals surface area contributed by atoms with Crippen molar-refractivity contribution in [3.8, 4) is 0 Å². The topological polar surface area (TPSA) is 51.2 Å². The lowest BCUT2D eigenvalue weighted by molar-refractivity contribution is -0.141. The number of nitrogens with one attached hydrogen (secondary N) is 1. The number of hydrogen-bond acceptors (Lipinski definition) is 3. The normalized spacial score (nSPS) is 11.4. The smallest absolute Gasteiger partial charge is 0.382 e. The van der Waals surface area contributed by atoms with Gasteiger partial charge in [0.15, 0.2) is 0 Å². The fraction of sp³-hybridized carbons (Fsp3) is 0.538. The molecule has 1 N–H and O–H groups in total. The Labute approximate surface area is 115 Å². The second-order valence-corrected chi connectivity index (χ2v) is 4.13. The van der Waals surface area contributed by atoms with Crippen LogP contribution in [0.4, 0.5) is 13.2 Å². The number of alkyl halides is 3. The highest BCUT2D eigenvalue weighted by Gasteiger charge is 2.32. The molecule has 0 aliphatic heterocycles. The van der Waals surface area contributed by atoms with E-state index in [9.17, 15) is 18.0 Å². The van der Waals surface area contributed by atoms with Crippen LogP contribution in [0.15, 0.2) is 12.1 Å². The highest BCUT2D eigenvalue weighted by Crippen LogP contribution is 2.28. The molecule has 1 rings (SSSR count). The van der Waals surface area contributed by atoms with Crippen LogP contribution in [-0.4, -0.2) is 30.6 Å². The van der Waals surface area contributed by atoms with Gasteiger partial charge in [0.2, 0.25) is 0 Å². The standard InChI is InChI=1S/C13H17F3N2O2/c1-3-20-8-4-7-17-12(19)10-5-6-11(13(14,15)16)18-9(10)2/h5-6H,3-4,7-8H2,1-2H3,(H,17,19). The SMILES string of the molecule is CCOCCCNC(=O)c1ccc(C(F)(F)F)nc1C. The lowest BCUT2D eigenvalue weighted by atomic mass is 10.1. The largest absolute Gasteiger partial charge is 0.433 e. The van der Waals surface area contributed by atoms with Crippen LogP contribution >= 0.6 is 0 Å². The van der Waals surface area contributed by atoms with Gasteiger partial charge in [-0.3, -0.25) is 4.79 Å². The molecule has 0 bridgehead atoms. The Morgan fingerprint density at radius 3 is 2.65 bits per heavy atom. The fourth-order valence-electron chi connectivity index (χ4n) is 1.57. The van der Waals surface area contributed by atoms with Crippen molar-refractivity contribution in [1.82, 2.24) is 10.3 Å². The molecule has 0 spiro atoms. The average molecular weight is 290 g/mol. The van der Waals surface area contributed by atoms with E-state index >= 15 is 0 Å². The fourth-order valence-corrected chi connectivity index (χ4v) is 1.57. The Kier molecular flexibility index (Phi) is 5.94. The van der Waals surface area contributed by atoms with Crippen LogP contribution in [0, 0.1) is 6.92 Å². The number of ether oxygens (including phenoxy) is 1. The van der Waals surface area contributed by atoms with Gasteiger partial charge in [0, 0.05) is 19.8 Å². The van der Waals surface area contributed by atoms with Crippen molar-refractivity contribution in [1.29, 1.82) is 0 Å². The number of hydrogen-bond donors (Lipinski definition) is 1. The molecule has 0 fully saturated rings. The number of nitrogens with zero attached hydrogens (tertiary/aromatic N) is 1. The van der Waals surface area contributed by atoms with Gasteiger partial charge >= 0.3 is 6.18 Å². The van der Waals surface area contributed by atoms with Crippen molar-refractivity contribution >= 4 is 5.91 Å². The minimum absolute atomic E-state index is 0.0575. The first-order valence-electron chi connectivity index (χ1n) is 6.27.